The average Bonchev–Trinajstić information content (AvgIpc) is 2.16. The first-order chi connectivity index (χ1) is 6.16. The monoisotopic (exact) mass is 249 g/mol. The summed E-state index contributed by atoms with van der Waals surface area (Å²) in [7, 11) is 0. The van der Waals surface area contributed by atoms with Crippen LogP contribution in [-0.4, -0.2) is 26.6 Å². The van der Waals surface area contributed by atoms with Crippen LogP contribution in [0.5, 0.6) is 0 Å². The van der Waals surface area contributed by atoms with Gasteiger partial charge in [0.25, 0.3) is 0 Å². The lowest BCUT2D eigenvalue weighted by Gasteiger charge is -2.15. The van der Waals surface area contributed by atoms with Crippen molar-refractivity contribution in [2.24, 2.45) is 0 Å². The number of aromatic nitrogens is 1. The molecule has 0 bridgehead atoms. The van der Waals surface area contributed by atoms with Crippen LogP contribution in [0, 0.1) is 5.82 Å². The molecule has 1 aromatic rings. The Morgan fingerprint density at radius 1 is 1.54 bits per heavy atom. The summed E-state index contributed by atoms with van der Waals surface area (Å²) < 4.78 is 13.0. The van der Waals surface area contributed by atoms with Crippen LogP contribution in [0.25, 0.3) is 0 Å². The second-order valence-electron chi connectivity index (χ2n) is 2.56. The fraction of sp³-hybridized carbons (Fsp3) is 0.375. The van der Waals surface area contributed by atoms with E-state index in [-0.39, 0.29) is 10.9 Å². The Morgan fingerprint density at radius 3 is 2.77 bits per heavy atom. The topological polar surface area (TPSA) is 53.4 Å². The quantitative estimate of drug-likeness (QED) is 0.787. The summed E-state index contributed by atoms with van der Waals surface area (Å²) in [6.07, 6.45) is 0.126. The van der Waals surface area contributed by atoms with Gasteiger partial charge in [0.1, 0.15) is 11.9 Å². The Labute approximate surface area is 83.4 Å². The van der Waals surface area contributed by atoms with E-state index in [0.29, 0.717) is 0 Å². The molecule has 0 fully saturated rings. The molecule has 0 radical (unpaired) electrons. The SMILES string of the molecule is OC(CBr)C(O)c1ccncc1F. The van der Waals surface area contributed by atoms with Crippen LogP contribution in [0.2, 0.25) is 0 Å². The fourth-order valence-corrected chi connectivity index (χ4v) is 1.27. The highest BCUT2D eigenvalue weighted by Crippen LogP contribution is 2.19. The number of aliphatic hydroxyl groups is 2. The van der Waals surface area contributed by atoms with E-state index >= 15 is 0 Å². The van der Waals surface area contributed by atoms with Crippen LogP contribution in [0.3, 0.4) is 0 Å². The second kappa shape index (κ2) is 4.64. The minimum Gasteiger partial charge on any atom is -0.389 e. The fourth-order valence-electron chi connectivity index (χ4n) is 0.917. The standard InChI is InChI=1S/C8H9BrFNO2/c9-3-7(12)8(13)5-1-2-11-4-6(5)10/h1-2,4,7-8,12-13H,3H2. The Kier molecular flexibility index (Phi) is 3.77. The van der Waals surface area contributed by atoms with Crippen LogP contribution < -0.4 is 0 Å². The van der Waals surface area contributed by atoms with Gasteiger partial charge in [0.2, 0.25) is 0 Å². The van der Waals surface area contributed by atoms with Crippen molar-refractivity contribution >= 4 is 15.9 Å². The number of halogens is 2. The van der Waals surface area contributed by atoms with Gasteiger partial charge in [-0.05, 0) is 6.07 Å². The predicted octanol–water partition coefficient (Wildman–Crippen LogP) is 1.01. The molecule has 0 saturated heterocycles. The van der Waals surface area contributed by atoms with E-state index in [2.05, 4.69) is 20.9 Å². The third-order valence-electron chi connectivity index (χ3n) is 1.65. The first kappa shape index (κ1) is 10.6. The molecule has 0 aromatic carbocycles. The minimum absolute atomic E-state index is 0.0574. The Balaban J connectivity index is 2.88. The zero-order valence-electron chi connectivity index (χ0n) is 6.69. The Bertz CT molecular complexity index is 285. The van der Waals surface area contributed by atoms with Crippen molar-refractivity contribution in [3.8, 4) is 0 Å². The normalized spacial score (nSPS) is 15.4. The van der Waals surface area contributed by atoms with Gasteiger partial charge in [0.15, 0.2) is 0 Å². The lowest BCUT2D eigenvalue weighted by atomic mass is 10.1. The molecule has 2 atom stereocenters. The molecule has 13 heavy (non-hydrogen) atoms. The largest absolute Gasteiger partial charge is 0.389 e. The molecule has 2 N–H and O–H groups in total. The Morgan fingerprint density at radius 2 is 2.23 bits per heavy atom. The molecule has 1 rings (SSSR count). The van der Waals surface area contributed by atoms with E-state index in [1.54, 1.807) is 0 Å². The maximum atomic E-state index is 13.0. The number of nitrogens with zero attached hydrogens (tertiary/aromatic N) is 1. The summed E-state index contributed by atoms with van der Waals surface area (Å²) in [5, 5.41) is 18.8. The molecule has 0 spiro atoms. The summed E-state index contributed by atoms with van der Waals surface area (Å²) in [4.78, 5) is 3.53. The summed E-state index contributed by atoms with van der Waals surface area (Å²) in [6, 6.07) is 1.34. The van der Waals surface area contributed by atoms with Crippen molar-refractivity contribution in [2.45, 2.75) is 12.2 Å². The van der Waals surface area contributed by atoms with Gasteiger partial charge in [-0.3, -0.25) is 4.98 Å². The summed E-state index contributed by atoms with van der Waals surface area (Å²) in [6.45, 7) is 0. The van der Waals surface area contributed by atoms with Gasteiger partial charge >= 0.3 is 0 Å². The molecule has 2 unspecified atom stereocenters. The molecule has 1 aromatic heterocycles. The molecule has 0 amide bonds. The van der Waals surface area contributed by atoms with Crippen molar-refractivity contribution in [1.82, 2.24) is 4.98 Å². The van der Waals surface area contributed by atoms with Gasteiger partial charge in [-0.25, -0.2) is 4.39 Å². The second-order valence-corrected chi connectivity index (χ2v) is 3.21. The van der Waals surface area contributed by atoms with Gasteiger partial charge in [0.05, 0.1) is 12.3 Å². The van der Waals surface area contributed by atoms with Crippen molar-refractivity contribution < 1.29 is 14.6 Å². The molecular weight excluding hydrogens is 241 g/mol. The molecule has 3 nitrogen and oxygen atoms in total. The minimum atomic E-state index is -1.22. The lowest BCUT2D eigenvalue weighted by molar-refractivity contribution is 0.0319. The van der Waals surface area contributed by atoms with Crippen molar-refractivity contribution in [3.63, 3.8) is 0 Å². The molecular formula is C8H9BrFNO2. The van der Waals surface area contributed by atoms with Crippen LogP contribution >= 0.6 is 15.9 Å². The lowest BCUT2D eigenvalue weighted by Crippen LogP contribution is -2.20. The predicted molar refractivity (Wildman–Crippen MR) is 49.0 cm³/mol. The van der Waals surface area contributed by atoms with Gasteiger partial charge in [-0.15, -0.1) is 0 Å². The van der Waals surface area contributed by atoms with Gasteiger partial charge in [-0.1, -0.05) is 15.9 Å². The van der Waals surface area contributed by atoms with Crippen molar-refractivity contribution in [2.75, 3.05) is 5.33 Å². The number of alkyl halides is 1. The van der Waals surface area contributed by atoms with Crippen LogP contribution in [0.4, 0.5) is 4.39 Å². The van der Waals surface area contributed by atoms with E-state index in [9.17, 15) is 14.6 Å². The Hall–Kier alpha value is -0.520. The van der Waals surface area contributed by atoms with Gasteiger partial charge in [0, 0.05) is 17.1 Å². The van der Waals surface area contributed by atoms with E-state index in [4.69, 9.17) is 0 Å². The zero-order valence-corrected chi connectivity index (χ0v) is 8.28. The highest BCUT2D eigenvalue weighted by atomic mass is 79.9. The van der Waals surface area contributed by atoms with E-state index < -0.39 is 18.0 Å². The van der Waals surface area contributed by atoms with Gasteiger partial charge in [-0.2, -0.15) is 0 Å². The van der Waals surface area contributed by atoms with Crippen LogP contribution in [-0.2, 0) is 0 Å². The van der Waals surface area contributed by atoms with E-state index in [1.807, 2.05) is 0 Å². The molecule has 72 valence electrons. The number of rotatable bonds is 3. The summed E-state index contributed by atoms with van der Waals surface area (Å²) >= 11 is 2.99. The molecule has 1 heterocycles. The maximum absolute atomic E-state index is 13.0. The zero-order chi connectivity index (χ0) is 9.84. The third-order valence-corrected chi connectivity index (χ3v) is 2.31. The van der Waals surface area contributed by atoms with Gasteiger partial charge < -0.3 is 10.2 Å². The molecule has 5 heteroatoms. The summed E-state index contributed by atoms with van der Waals surface area (Å²) in [5.41, 5.74) is 0.0574. The molecule has 0 saturated carbocycles. The number of pyridine rings is 1. The van der Waals surface area contributed by atoms with Crippen LogP contribution in [0.15, 0.2) is 18.5 Å². The smallest absolute Gasteiger partial charge is 0.147 e. The van der Waals surface area contributed by atoms with Crippen molar-refractivity contribution in [3.05, 3.63) is 29.8 Å². The number of hydrogen-bond acceptors (Lipinski definition) is 3. The third kappa shape index (κ3) is 2.46. The highest BCUT2D eigenvalue weighted by Gasteiger charge is 2.19. The van der Waals surface area contributed by atoms with Crippen LogP contribution in [0.1, 0.15) is 11.7 Å². The van der Waals surface area contributed by atoms with Crippen molar-refractivity contribution in [1.29, 1.82) is 0 Å². The molecule has 0 aliphatic carbocycles. The highest BCUT2D eigenvalue weighted by molar-refractivity contribution is 9.09. The first-order valence-corrected chi connectivity index (χ1v) is 4.80. The molecule has 0 aliphatic heterocycles. The number of hydrogen-bond donors (Lipinski definition) is 2. The summed E-state index contributed by atoms with van der Waals surface area (Å²) in [5.74, 6) is -0.616. The maximum Gasteiger partial charge on any atom is 0.147 e. The number of aliphatic hydroxyl groups excluding tert-OH is 2. The van der Waals surface area contributed by atoms with E-state index in [1.165, 1.54) is 12.3 Å². The molecule has 0 aliphatic rings. The van der Waals surface area contributed by atoms with E-state index in [0.717, 1.165) is 6.20 Å². The first-order valence-electron chi connectivity index (χ1n) is 3.68. The average molecular weight is 250 g/mol.